The minimum Gasteiger partial charge on any atom is -0.496 e. The van der Waals surface area contributed by atoms with Crippen molar-refractivity contribution in [3.63, 3.8) is 0 Å². The van der Waals surface area contributed by atoms with Gasteiger partial charge < -0.3 is 20.1 Å². The molecule has 1 aromatic carbocycles. The molecule has 1 aliphatic rings. The third-order valence-corrected chi connectivity index (χ3v) is 4.34. The Morgan fingerprint density at radius 2 is 1.73 bits per heavy atom. The number of anilines is 1. The lowest BCUT2D eigenvalue weighted by Crippen LogP contribution is -2.59. The van der Waals surface area contributed by atoms with E-state index in [0.29, 0.717) is 24.4 Å². The number of primary amides is 1. The van der Waals surface area contributed by atoms with Crippen LogP contribution in [0.25, 0.3) is 0 Å². The largest absolute Gasteiger partial charge is 0.496 e. The van der Waals surface area contributed by atoms with Gasteiger partial charge in [-0.25, -0.2) is 4.79 Å². The maximum absolute atomic E-state index is 12.5. The Kier molecular flexibility index (Phi) is 5.68. The first kappa shape index (κ1) is 19.9. The monoisotopic (exact) mass is 363 g/mol. The average molecular weight is 363 g/mol. The van der Waals surface area contributed by atoms with Crippen molar-refractivity contribution in [2.24, 2.45) is 5.73 Å². The first-order valence-electron chi connectivity index (χ1n) is 8.77. The molecular weight excluding hydrogens is 334 g/mol. The van der Waals surface area contributed by atoms with Gasteiger partial charge in [-0.3, -0.25) is 9.69 Å². The number of nitrogens with zero attached hydrogens (tertiary/aromatic N) is 2. The van der Waals surface area contributed by atoms with Crippen LogP contribution in [0, 0.1) is 0 Å². The van der Waals surface area contributed by atoms with Crippen molar-refractivity contribution in [1.82, 2.24) is 4.90 Å². The molecule has 0 aliphatic carbocycles. The third-order valence-electron chi connectivity index (χ3n) is 4.34. The lowest BCUT2D eigenvalue weighted by molar-refractivity contribution is 0.00564. The van der Waals surface area contributed by atoms with Crippen LogP contribution < -0.4 is 15.4 Å². The topological polar surface area (TPSA) is 85.1 Å². The number of amides is 2. The van der Waals surface area contributed by atoms with Crippen molar-refractivity contribution in [2.45, 2.75) is 52.3 Å². The number of benzene rings is 1. The number of rotatable bonds is 3. The molecule has 0 spiro atoms. The molecule has 0 bridgehead atoms. The summed E-state index contributed by atoms with van der Waals surface area (Å²) >= 11 is 0. The van der Waals surface area contributed by atoms with Crippen LogP contribution in [0.2, 0.25) is 0 Å². The van der Waals surface area contributed by atoms with Crippen molar-refractivity contribution < 1.29 is 19.1 Å². The smallest absolute Gasteiger partial charge is 0.410 e. The summed E-state index contributed by atoms with van der Waals surface area (Å²) in [6.07, 6.45) is -0.293. The van der Waals surface area contributed by atoms with E-state index < -0.39 is 11.5 Å². The first-order chi connectivity index (χ1) is 12.0. The summed E-state index contributed by atoms with van der Waals surface area (Å²) in [6.45, 7) is 10.9. The van der Waals surface area contributed by atoms with Crippen LogP contribution in [0.4, 0.5) is 10.5 Å². The van der Waals surface area contributed by atoms with E-state index in [1.165, 1.54) is 7.11 Å². The van der Waals surface area contributed by atoms with E-state index in [-0.39, 0.29) is 18.2 Å². The van der Waals surface area contributed by atoms with E-state index in [1.54, 1.807) is 11.0 Å². The summed E-state index contributed by atoms with van der Waals surface area (Å²) in [6, 6.07) is 5.30. The molecule has 1 fully saturated rings. The molecule has 2 N–H and O–H groups in total. The molecule has 0 saturated carbocycles. The highest BCUT2D eigenvalue weighted by Gasteiger charge is 2.35. The predicted octanol–water partition coefficient (Wildman–Crippen LogP) is 2.63. The number of ether oxygens (including phenoxy) is 2. The van der Waals surface area contributed by atoms with Crippen molar-refractivity contribution in [3.05, 3.63) is 23.8 Å². The average Bonchev–Trinajstić information content (AvgIpc) is 2.51. The van der Waals surface area contributed by atoms with Gasteiger partial charge in [0.1, 0.15) is 11.4 Å². The van der Waals surface area contributed by atoms with Crippen molar-refractivity contribution in [3.8, 4) is 5.75 Å². The van der Waals surface area contributed by atoms with Crippen LogP contribution in [0.15, 0.2) is 18.2 Å². The molecule has 0 radical (unpaired) electrons. The van der Waals surface area contributed by atoms with Crippen LogP contribution in [0.5, 0.6) is 5.75 Å². The molecule has 0 aromatic heterocycles. The van der Waals surface area contributed by atoms with Gasteiger partial charge in [0, 0.05) is 24.8 Å². The Labute approximate surface area is 155 Å². The molecule has 7 nitrogen and oxygen atoms in total. The minimum atomic E-state index is -0.523. The second kappa shape index (κ2) is 7.43. The van der Waals surface area contributed by atoms with Crippen molar-refractivity contribution in [1.29, 1.82) is 0 Å². The standard InChI is InChI=1S/C19H29N3O4/c1-12-10-21(11-13(2)22(12)18(24)26-19(3,4)5)14-7-8-15(17(20)23)16(9-14)25-6/h7-9,12-13H,10-11H2,1-6H3,(H2,20,23)/t12-,13+. The number of carbonyl (C=O) groups is 2. The van der Waals surface area contributed by atoms with Gasteiger partial charge in [0.25, 0.3) is 5.91 Å². The third kappa shape index (κ3) is 4.39. The van der Waals surface area contributed by atoms with Gasteiger partial charge >= 0.3 is 6.09 Å². The van der Waals surface area contributed by atoms with E-state index in [4.69, 9.17) is 15.2 Å². The Morgan fingerprint density at radius 1 is 1.15 bits per heavy atom. The van der Waals surface area contributed by atoms with Gasteiger partial charge in [-0.15, -0.1) is 0 Å². The quantitative estimate of drug-likeness (QED) is 0.892. The zero-order valence-electron chi connectivity index (χ0n) is 16.4. The van der Waals surface area contributed by atoms with Crippen molar-refractivity contribution >= 4 is 17.7 Å². The highest BCUT2D eigenvalue weighted by molar-refractivity contribution is 5.96. The van der Waals surface area contributed by atoms with E-state index in [1.807, 2.05) is 46.8 Å². The number of hydrogen-bond acceptors (Lipinski definition) is 5. The Morgan fingerprint density at radius 3 is 2.19 bits per heavy atom. The number of piperazine rings is 1. The van der Waals surface area contributed by atoms with Crippen LogP contribution in [0.3, 0.4) is 0 Å². The van der Waals surface area contributed by atoms with Crippen LogP contribution in [-0.4, -0.2) is 54.8 Å². The Balaban J connectivity index is 2.19. The minimum absolute atomic E-state index is 0.0181. The SMILES string of the molecule is COc1cc(N2C[C@@H](C)N(C(=O)OC(C)(C)C)[C@@H](C)C2)ccc1C(N)=O. The summed E-state index contributed by atoms with van der Waals surface area (Å²) in [5.41, 5.74) is 6.13. The fourth-order valence-electron chi connectivity index (χ4n) is 3.29. The van der Waals surface area contributed by atoms with E-state index >= 15 is 0 Å². The molecule has 26 heavy (non-hydrogen) atoms. The second-order valence-corrected chi connectivity index (χ2v) is 7.74. The van der Waals surface area contributed by atoms with Gasteiger partial charge in [0.15, 0.2) is 0 Å². The molecule has 0 unspecified atom stereocenters. The molecule has 2 rings (SSSR count). The summed E-state index contributed by atoms with van der Waals surface area (Å²) in [5.74, 6) is -0.0743. The summed E-state index contributed by atoms with van der Waals surface area (Å²) in [4.78, 5) is 27.9. The second-order valence-electron chi connectivity index (χ2n) is 7.74. The highest BCUT2D eigenvalue weighted by Crippen LogP contribution is 2.29. The van der Waals surface area contributed by atoms with E-state index in [2.05, 4.69) is 4.90 Å². The lowest BCUT2D eigenvalue weighted by Gasteiger charge is -2.45. The number of methoxy groups -OCH3 is 1. The lowest BCUT2D eigenvalue weighted by atomic mass is 10.1. The molecule has 2 amide bonds. The molecule has 2 atom stereocenters. The number of hydrogen-bond donors (Lipinski definition) is 1. The summed E-state index contributed by atoms with van der Waals surface area (Å²) in [5, 5.41) is 0. The molecule has 1 saturated heterocycles. The Hall–Kier alpha value is -2.44. The van der Waals surface area contributed by atoms with E-state index in [0.717, 1.165) is 5.69 Å². The molecular formula is C19H29N3O4. The summed E-state index contributed by atoms with van der Waals surface area (Å²) in [7, 11) is 1.51. The zero-order chi connectivity index (χ0) is 19.6. The predicted molar refractivity (Wildman–Crippen MR) is 101 cm³/mol. The van der Waals surface area contributed by atoms with E-state index in [9.17, 15) is 9.59 Å². The maximum atomic E-state index is 12.5. The molecule has 144 valence electrons. The Bertz CT molecular complexity index is 672. The fraction of sp³-hybridized carbons (Fsp3) is 0.579. The molecule has 1 heterocycles. The molecule has 1 aliphatic heterocycles. The number of nitrogens with two attached hydrogens (primary N) is 1. The first-order valence-corrected chi connectivity index (χ1v) is 8.77. The maximum Gasteiger partial charge on any atom is 0.410 e. The van der Waals surface area contributed by atoms with Gasteiger partial charge in [-0.05, 0) is 46.8 Å². The van der Waals surface area contributed by atoms with Crippen molar-refractivity contribution in [2.75, 3.05) is 25.1 Å². The van der Waals surface area contributed by atoms with Gasteiger partial charge in [-0.2, -0.15) is 0 Å². The van der Waals surface area contributed by atoms with Gasteiger partial charge in [0.05, 0.1) is 24.8 Å². The highest BCUT2D eigenvalue weighted by atomic mass is 16.6. The zero-order valence-corrected chi connectivity index (χ0v) is 16.4. The van der Waals surface area contributed by atoms with Crippen LogP contribution in [0.1, 0.15) is 45.0 Å². The fourth-order valence-corrected chi connectivity index (χ4v) is 3.29. The summed E-state index contributed by atoms with van der Waals surface area (Å²) < 4.78 is 10.8. The van der Waals surface area contributed by atoms with Gasteiger partial charge in [-0.1, -0.05) is 0 Å². The van der Waals surface area contributed by atoms with Crippen LogP contribution >= 0.6 is 0 Å². The molecule has 1 aromatic rings. The molecule has 7 heteroatoms. The van der Waals surface area contributed by atoms with Gasteiger partial charge in [0.2, 0.25) is 0 Å². The normalized spacial score (nSPS) is 20.7. The number of carbonyl (C=O) groups excluding carboxylic acids is 2. The van der Waals surface area contributed by atoms with Crippen LogP contribution in [-0.2, 0) is 4.74 Å².